The molecule has 4 unspecified atom stereocenters. The van der Waals surface area contributed by atoms with Crippen molar-refractivity contribution in [3.05, 3.63) is 59.7 Å². The third-order valence-electron chi connectivity index (χ3n) is 6.30. The standard InChI is InChI=1S/C24H30F2O3/c1-15(2)24(10-5-6-11-24)21-14-19(22(27)28-4)16(3)12-20(21)17-8-7-9-18(13-17)29-23(25)26/h5,7-10,12-16,19,22-23,27H,6,11H2,1-4H3. The van der Waals surface area contributed by atoms with Gasteiger partial charge in [-0.3, -0.25) is 0 Å². The van der Waals surface area contributed by atoms with Crippen LogP contribution in [0.25, 0.3) is 5.57 Å². The van der Waals surface area contributed by atoms with Crippen molar-refractivity contribution in [1.29, 1.82) is 0 Å². The third kappa shape index (κ3) is 4.31. The Labute approximate surface area is 171 Å². The van der Waals surface area contributed by atoms with Gasteiger partial charge in [-0.1, -0.05) is 57.2 Å². The van der Waals surface area contributed by atoms with Crippen LogP contribution in [0.2, 0.25) is 0 Å². The van der Waals surface area contributed by atoms with E-state index in [-0.39, 0.29) is 23.0 Å². The van der Waals surface area contributed by atoms with Gasteiger partial charge < -0.3 is 14.6 Å². The normalized spacial score (nSPS) is 27.9. The molecule has 3 nitrogen and oxygen atoms in total. The number of hydrogen-bond donors (Lipinski definition) is 1. The van der Waals surface area contributed by atoms with Gasteiger partial charge in [0.05, 0.1) is 0 Å². The molecule has 0 amide bonds. The SMILES string of the molecule is COC(O)C1C=C(C2(C(C)C)C=CCC2)C(c2cccc(OC(F)F)c2)=CC1C. The number of aliphatic hydroxyl groups is 1. The molecule has 0 heterocycles. The summed E-state index contributed by atoms with van der Waals surface area (Å²) in [5.41, 5.74) is 2.80. The lowest BCUT2D eigenvalue weighted by atomic mass is 9.64. The summed E-state index contributed by atoms with van der Waals surface area (Å²) in [6.07, 6.45) is 9.79. The van der Waals surface area contributed by atoms with E-state index >= 15 is 0 Å². The van der Waals surface area contributed by atoms with E-state index in [1.165, 1.54) is 13.2 Å². The van der Waals surface area contributed by atoms with Gasteiger partial charge in [-0.25, -0.2) is 0 Å². The second-order valence-electron chi connectivity index (χ2n) is 8.27. The number of rotatable bonds is 7. The maximum absolute atomic E-state index is 12.7. The first kappa shape index (κ1) is 21.7. The van der Waals surface area contributed by atoms with Crippen LogP contribution < -0.4 is 4.74 Å². The summed E-state index contributed by atoms with van der Waals surface area (Å²) >= 11 is 0. The molecule has 1 aromatic carbocycles. The average Bonchev–Trinajstić information content (AvgIpc) is 3.18. The number of alkyl halides is 2. The summed E-state index contributed by atoms with van der Waals surface area (Å²) in [5.74, 6) is 0.331. The Hall–Kier alpha value is -1.98. The number of ether oxygens (including phenoxy) is 2. The van der Waals surface area contributed by atoms with Gasteiger partial charge in [0.2, 0.25) is 0 Å². The van der Waals surface area contributed by atoms with Crippen LogP contribution in [0.15, 0.2) is 54.1 Å². The van der Waals surface area contributed by atoms with Crippen molar-refractivity contribution in [2.45, 2.75) is 46.5 Å². The van der Waals surface area contributed by atoms with Crippen LogP contribution >= 0.6 is 0 Å². The van der Waals surface area contributed by atoms with E-state index < -0.39 is 12.9 Å². The lowest BCUT2D eigenvalue weighted by molar-refractivity contribution is -0.108. The summed E-state index contributed by atoms with van der Waals surface area (Å²) in [4.78, 5) is 0. The van der Waals surface area contributed by atoms with Crippen LogP contribution in [0, 0.1) is 23.2 Å². The smallest absolute Gasteiger partial charge is 0.387 e. The van der Waals surface area contributed by atoms with E-state index in [2.05, 4.69) is 42.9 Å². The summed E-state index contributed by atoms with van der Waals surface area (Å²) in [6, 6.07) is 6.86. The fraction of sp³-hybridized carbons (Fsp3) is 0.500. The van der Waals surface area contributed by atoms with Crippen LogP contribution in [0.3, 0.4) is 0 Å². The van der Waals surface area contributed by atoms with Gasteiger partial charge in [0, 0.05) is 18.4 Å². The van der Waals surface area contributed by atoms with Crippen LogP contribution in [0.1, 0.15) is 39.2 Å². The number of allylic oxidation sites excluding steroid dienone is 5. The molecule has 0 saturated carbocycles. The molecule has 0 aliphatic heterocycles. The zero-order valence-corrected chi connectivity index (χ0v) is 17.4. The summed E-state index contributed by atoms with van der Waals surface area (Å²) < 4.78 is 35.3. The first-order valence-corrected chi connectivity index (χ1v) is 10.2. The van der Waals surface area contributed by atoms with Crippen molar-refractivity contribution >= 4 is 5.57 Å². The highest BCUT2D eigenvalue weighted by atomic mass is 19.3. The first-order valence-electron chi connectivity index (χ1n) is 10.2. The molecule has 1 N–H and O–H groups in total. The zero-order chi connectivity index (χ0) is 21.2. The van der Waals surface area contributed by atoms with Crippen LogP contribution in [-0.4, -0.2) is 25.1 Å². The Balaban J connectivity index is 2.11. The van der Waals surface area contributed by atoms with Crippen LogP contribution in [0.4, 0.5) is 8.78 Å². The Kier molecular flexibility index (Phi) is 6.59. The van der Waals surface area contributed by atoms with Gasteiger partial charge in [0.15, 0.2) is 6.29 Å². The quantitative estimate of drug-likeness (QED) is 0.460. The maximum Gasteiger partial charge on any atom is 0.387 e. The maximum atomic E-state index is 12.7. The molecule has 4 atom stereocenters. The second-order valence-corrected chi connectivity index (χ2v) is 8.27. The minimum absolute atomic E-state index is 0.0259. The topological polar surface area (TPSA) is 38.7 Å². The predicted octanol–water partition coefficient (Wildman–Crippen LogP) is 5.82. The van der Waals surface area contributed by atoms with E-state index in [0.29, 0.717) is 5.92 Å². The zero-order valence-electron chi connectivity index (χ0n) is 17.4. The largest absolute Gasteiger partial charge is 0.435 e. The molecular weight excluding hydrogens is 374 g/mol. The Bertz CT molecular complexity index is 812. The Morgan fingerprint density at radius 3 is 2.55 bits per heavy atom. The van der Waals surface area contributed by atoms with Gasteiger partial charge >= 0.3 is 6.61 Å². The molecule has 1 aromatic rings. The van der Waals surface area contributed by atoms with Gasteiger partial charge in [0.1, 0.15) is 5.75 Å². The van der Waals surface area contributed by atoms with Crippen molar-refractivity contribution in [2.24, 2.45) is 23.2 Å². The van der Waals surface area contributed by atoms with E-state index in [9.17, 15) is 13.9 Å². The summed E-state index contributed by atoms with van der Waals surface area (Å²) in [6.45, 7) is 3.57. The number of hydrogen-bond acceptors (Lipinski definition) is 3. The fourth-order valence-corrected chi connectivity index (χ4v) is 4.61. The molecule has 0 saturated heterocycles. The first-order chi connectivity index (χ1) is 13.8. The Morgan fingerprint density at radius 1 is 1.21 bits per heavy atom. The molecule has 0 radical (unpaired) electrons. The number of halogens is 2. The molecule has 29 heavy (non-hydrogen) atoms. The average molecular weight is 404 g/mol. The highest BCUT2D eigenvalue weighted by molar-refractivity contribution is 5.83. The molecule has 158 valence electrons. The highest BCUT2D eigenvalue weighted by Gasteiger charge is 2.41. The van der Waals surface area contributed by atoms with Gasteiger partial charge in [0.25, 0.3) is 0 Å². The van der Waals surface area contributed by atoms with Crippen LogP contribution in [0.5, 0.6) is 5.75 Å². The van der Waals surface area contributed by atoms with E-state index in [1.807, 2.05) is 13.0 Å². The Morgan fingerprint density at radius 2 is 1.97 bits per heavy atom. The fourth-order valence-electron chi connectivity index (χ4n) is 4.61. The van der Waals surface area contributed by atoms with Crippen molar-refractivity contribution in [3.63, 3.8) is 0 Å². The molecule has 0 aromatic heterocycles. The van der Waals surface area contributed by atoms with Crippen molar-refractivity contribution in [2.75, 3.05) is 7.11 Å². The number of methoxy groups -OCH3 is 1. The molecule has 0 bridgehead atoms. The highest BCUT2D eigenvalue weighted by Crippen LogP contribution is 2.53. The molecule has 5 heteroatoms. The third-order valence-corrected chi connectivity index (χ3v) is 6.30. The molecule has 2 aliphatic rings. The molecule has 0 spiro atoms. The van der Waals surface area contributed by atoms with Gasteiger partial charge in [-0.15, -0.1) is 0 Å². The van der Waals surface area contributed by atoms with Crippen LogP contribution in [-0.2, 0) is 4.74 Å². The predicted molar refractivity (Wildman–Crippen MR) is 110 cm³/mol. The monoisotopic (exact) mass is 404 g/mol. The molecule has 0 fully saturated rings. The summed E-state index contributed by atoms with van der Waals surface area (Å²) in [5, 5.41) is 10.4. The molecular formula is C24H30F2O3. The molecule has 2 aliphatic carbocycles. The lowest BCUT2D eigenvalue weighted by Crippen LogP contribution is -2.33. The summed E-state index contributed by atoms with van der Waals surface area (Å²) in [7, 11) is 1.50. The van der Waals surface area contributed by atoms with Crippen molar-refractivity contribution in [1.82, 2.24) is 0 Å². The van der Waals surface area contributed by atoms with Crippen molar-refractivity contribution < 1.29 is 23.4 Å². The minimum atomic E-state index is -2.86. The molecule has 3 rings (SSSR count). The van der Waals surface area contributed by atoms with E-state index in [0.717, 1.165) is 29.6 Å². The van der Waals surface area contributed by atoms with Crippen molar-refractivity contribution in [3.8, 4) is 5.75 Å². The van der Waals surface area contributed by atoms with Gasteiger partial charge in [-0.2, -0.15) is 8.78 Å². The van der Waals surface area contributed by atoms with E-state index in [1.54, 1.807) is 12.1 Å². The number of benzene rings is 1. The lowest BCUT2D eigenvalue weighted by Gasteiger charge is -2.41. The van der Waals surface area contributed by atoms with Gasteiger partial charge in [-0.05, 0) is 53.5 Å². The number of aliphatic hydroxyl groups excluding tert-OH is 1. The van der Waals surface area contributed by atoms with E-state index in [4.69, 9.17) is 4.74 Å². The minimum Gasteiger partial charge on any atom is -0.435 e. The second kappa shape index (κ2) is 8.80.